The average molecular weight is 382 g/mol. The van der Waals surface area contributed by atoms with Gasteiger partial charge in [-0.25, -0.2) is 4.79 Å². The third-order valence-electron chi connectivity index (χ3n) is 3.90. The van der Waals surface area contributed by atoms with Gasteiger partial charge in [0.25, 0.3) is 10.1 Å². The SMILES string of the molecule is Cc1ccc(S(=O)(=O)O)c(-c2ccc(NC(=O)Nc3ccccc3)cc2)c1. The molecule has 0 radical (unpaired) electrons. The van der Waals surface area contributed by atoms with E-state index in [0.717, 1.165) is 5.56 Å². The number of hydrogen-bond donors (Lipinski definition) is 3. The molecule has 3 rings (SSSR count). The summed E-state index contributed by atoms with van der Waals surface area (Å²) in [5.41, 5.74) is 3.09. The zero-order valence-electron chi connectivity index (χ0n) is 14.5. The maximum absolute atomic E-state index is 12.0. The molecule has 0 aliphatic carbocycles. The number of carbonyl (C=O) groups is 1. The van der Waals surface area contributed by atoms with Gasteiger partial charge in [-0.2, -0.15) is 8.42 Å². The molecular formula is C20H18N2O4S. The summed E-state index contributed by atoms with van der Waals surface area (Å²) >= 11 is 0. The Hall–Kier alpha value is -3.16. The number of nitrogens with one attached hydrogen (secondary N) is 2. The van der Waals surface area contributed by atoms with Crippen molar-refractivity contribution in [1.29, 1.82) is 0 Å². The standard InChI is InChI=1S/C20H18N2O4S/c1-14-7-12-19(27(24,25)26)18(13-14)15-8-10-17(11-9-15)22-20(23)21-16-5-3-2-4-6-16/h2-13H,1H3,(H2,21,22,23)(H,24,25,26). The zero-order valence-corrected chi connectivity index (χ0v) is 15.3. The summed E-state index contributed by atoms with van der Waals surface area (Å²) in [6, 6.07) is 20.0. The van der Waals surface area contributed by atoms with E-state index in [1.54, 1.807) is 48.5 Å². The van der Waals surface area contributed by atoms with Gasteiger partial charge in [-0.3, -0.25) is 4.55 Å². The number of benzene rings is 3. The first-order chi connectivity index (χ1) is 12.8. The van der Waals surface area contributed by atoms with E-state index >= 15 is 0 Å². The highest BCUT2D eigenvalue weighted by molar-refractivity contribution is 7.86. The smallest absolute Gasteiger partial charge is 0.308 e. The van der Waals surface area contributed by atoms with Gasteiger partial charge in [0.05, 0.1) is 0 Å². The Labute approximate surface area is 157 Å². The third kappa shape index (κ3) is 4.72. The van der Waals surface area contributed by atoms with Crippen LogP contribution in [0.5, 0.6) is 0 Å². The van der Waals surface area contributed by atoms with Crippen molar-refractivity contribution < 1.29 is 17.8 Å². The molecule has 0 heterocycles. The van der Waals surface area contributed by atoms with Crippen LogP contribution in [0.4, 0.5) is 16.2 Å². The Morgan fingerprint density at radius 1 is 0.852 bits per heavy atom. The molecule has 138 valence electrons. The van der Waals surface area contributed by atoms with Crippen LogP contribution in [-0.2, 0) is 10.1 Å². The van der Waals surface area contributed by atoms with Gasteiger partial charge in [0, 0.05) is 16.9 Å². The summed E-state index contributed by atoms with van der Waals surface area (Å²) in [6.45, 7) is 1.83. The summed E-state index contributed by atoms with van der Waals surface area (Å²) in [5, 5.41) is 5.42. The van der Waals surface area contributed by atoms with E-state index in [4.69, 9.17) is 0 Å². The summed E-state index contributed by atoms with van der Waals surface area (Å²) in [4.78, 5) is 11.9. The van der Waals surface area contributed by atoms with Gasteiger partial charge in [-0.05, 0) is 42.8 Å². The summed E-state index contributed by atoms with van der Waals surface area (Å²) < 4.78 is 32.7. The van der Waals surface area contributed by atoms with Crippen LogP contribution >= 0.6 is 0 Å². The Morgan fingerprint density at radius 3 is 2.04 bits per heavy atom. The highest BCUT2D eigenvalue weighted by Gasteiger charge is 2.16. The van der Waals surface area contributed by atoms with Crippen LogP contribution in [-0.4, -0.2) is 19.0 Å². The van der Waals surface area contributed by atoms with E-state index in [-0.39, 0.29) is 10.9 Å². The molecule has 0 aromatic heterocycles. The summed E-state index contributed by atoms with van der Waals surface area (Å²) in [7, 11) is -4.34. The lowest BCUT2D eigenvalue weighted by Crippen LogP contribution is -2.19. The average Bonchev–Trinajstić information content (AvgIpc) is 2.62. The molecule has 0 bridgehead atoms. The summed E-state index contributed by atoms with van der Waals surface area (Å²) in [5.74, 6) is 0. The molecule has 0 saturated carbocycles. The molecule has 2 amide bonds. The number of rotatable bonds is 4. The Kier molecular flexibility index (Phi) is 5.25. The minimum Gasteiger partial charge on any atom is -0.308 e. The second-order valence-corrected chi connectivity index (χ2v) is 7.39. The molecule has 0 unspecified atom stereocenters. The zero-order chi connectivity index (χ0) is 19.4. The van der Waals surface area contributed by atoms with Crippen molar-refractivity contribution in [2.75, 3.05) is 10.6 Å². The number of amides is 2. The van der Waals surface area contributed by atoms with Crippen LogP contribution in [0, 0.1) is 6.92 Å². The Bertz CT molecular complexity index is 1060. The molecule has 3 aromatic rings. The highest BCUT2D eigenvalue weighted by atomic mass is 32.2. The monoisotopic (exact) mass is 382 g/mol. The fourth-order valence-corrected chi connectivity index (χ4v) is 3.34. The van der Waals surface area contributed by atoms with Crippen molar-refractivity contribution in [3.63, 3.8) is 0 Å². The predicted molar refractivity (Wildman–Crippen MR) is 106 cm³/mol. The summed E-state index contributed by atoms with van der Waals surface area (Å²) in [6.07, 6.45) is 0. The van der Waals surface area contributed by atoms with Gasteiger partial charge >= 0.3 is 6.03 Å². The quantitative estimate of drug-likeness (QED) is 0.577. The largest absolute Gasteiger partial charge is 0.323 e. The van der Waals surface area contributed by atoms with E-state index in [1.807, 2.05) is 25.1 Å². The maximum Gasteiger partial charge on any atom is 0.323 e. The fraction of sp³-hybridized carbons (Fsp3) is 0.0500. The first-order valence-electron chi connectivity index (χ1n) is 8.14. The van der Waals surface area contributed by atoms with E-state index in [0.29, 0.717) is 22.5 Å². The van der Waals surface area contributed by atoms with Gasteiger partial charge < -0.3 is 10.6 Å². The molecule has 7 heteroatoms. The van der Waals surface area contributed by atoms with Gasteiger partial charge in [0.1, 0.15) is 4.90 Å². The molecule has 6 nitrogen and oxygen atoms in total. The number of anilines is 2. The fourth-order valence-electron chi connectivity index (χ4n) is 2.64. The molecule has 0 saturated heterocycles. The van der Waals surface area contributed by atoms with Crippen molar-refractivity contribution in [2.24, 2.45) is 0 Å². The number of carbonyl (C=O) groups excluding carboxylic acids is 1. The van der Waals surface area contributed by atoms with Gasteiger partial charge in [0.15, 0.2) is 0 Å². The first kappa shape index (κ1) is 18.6. The topological polar surface area (TPSA) is 95.5 Å². The molecule has 3 N–H and O–H groups in total. The third-order valence-corrected chi connectivity index (χ3v) is 4.81. The first-order valence-corrected chi connectivity index (χ1v) is 9.58. The molecule has 0 spiro atoms. The van der Waals surface area contributed by atoms with Crippen molar-refractivity contribution in [2.45, 2.75) is 11.8 Å². The lowest BCUT2D eigenvalue weighted by atomic mass is 10.0. The molecule has 0 aliphatic heterocycles. The van der Waals surface area contributed by atoms with Gasteiger partial charge in [-0.15, -0.1) is 0 Å². The molecule has 27 heavy (non-hydrogen) atoms. The molecule has 0 aliphatic rings. The van der Waals surface area contributed by atoms with E-state index in [2.05, 4.69) is 10.6 Å². The molecular weight excluding hydrogens is 364 g/mol. The lowest BCUT2D eigenvalue weighted by molar-refractivity contribution is 0.262. The van der Waals surface area contributed by atoms with Gasteiger partial charge in [0.2, 0.25) is 0 Å². The number of urea groups is 1. The Morgan fingerprint density at radius 2 is 1.44 bits per heavy atom. The van der Waals surface area contributed by atoms with Crippen molar-refractivity contribution in [3.05, 3.63) is 78.4 Å². The Balaban J connectivity index is 1.80. The molecule has 3 aromatic carbocycles. The minimum atomic E-state index is -4.34. The van der Waals surface area contributed by atoms with Crippen LogP contribution in [0.3, 0.4) is 0 Å². The van der Waals surface area contributed by atoms with Crippen molar-refractivity contribution in [1.82, 2.24) is 0 Å². The lowest BCUT2D eigenvalue weighted by Gasteiger charge is -2.11. The van der Waals surface area contributed by atoms with Crippen LogP contribution < -0.4 is 10.6 Å². The van der Waals surface area contributed by atoms with E-state index < -0.39 is 10.1 Å². The second-order valence-electron chi connectivity index (χ2n) is 6.00. The second kappa shape index (κ2) is 7.61. The molecule has 0 atom stereocenters. The van der Waals surface area contributed by atoms with Crippen LogP contribution in [0.15, 0.2) is 77.7 Å². The van der Waals surface area contributed by atoms with Crippen LogP contribution in [0.25, 0.3) is 11.1 Å². The van der Waals surface area contributed by atoms with Crippen molar-refractivity contribution >= 4 is 27.5 Å². The minimum absolute atomic E-state index is 0.157. The van der Waals surface area contributed by atoms with Crippen molar-refractivity contribution in [3.8, 4) is 11.1 Å². The van der Waals surface area contributed by atoms with Crippen LogP contribution in [0.2, 0.25) is 0 Å². The maximum atomic E-state index is 12.0. The normalized spacial score (nSPS) is 11.0. The van der Waals surface area contributed by atoms with Gasteiger partial charge in [-0.1, -0.05) is 48.0 Å². The highest BCUT2D eigenvalue weighted by Crippen LogP contribution is 2.29. The van der Waals surface area contributed by atoms with E-state index in [9.17, 15) is 17.8 Å². The molecule has 0 fully saturated rings. The predicted octanol–water partition coefficient (Wildman–Crippen LogP) is 4.55. The number of hydrogen-bond acceptors (Lipinski definition) is 3. The van der Waals surface area contributed by atoms with Crippen LogP contribution in [0.1, 0.15) is 5.56 Å². The number of para-hydroxylation sites is 1. The number of aryl methyl sites for hydroxylation is 1. The van der Waals surface area contributed by atoms with E-state index in [1.165, 1.54) is 6.07 Å².